The van der Waals surface area contributed by atoms with Crippen LogP contribution >= 0.6 is 0 Å². The highest BCUT2D eigenvalue weighted by atomic mass is 16.6. The summed E-state index contributed by atoms with van der Waals surface area (Å²) in [7, 11) is 0. The number of carbonyl (C=O) groups excluding carboxylic acids is 2. The average Bonchev–Trinajstić information content (AvgIpc) is 2.25. The van der Waals surface area contributed by atoms with E-state index in [0.717, 1.165) is 12.8 Å². The number of nitrogens with one attached hydrogen (secondary N) is 1. The Morgan fingerprint density at radius 3 is 2.50 bits per heavy atom. The zero-order valence-corrected chi connectivity index (χ0v) is 11.5. The lowest BCUT2D eigenvalue weighted by Gasteiger charge is -2.22. The third kappa shape index (κ3) is 8.75. The molecule has 0 fully saturated rings. The molecule has 5 heteroatoms. The molecule has 0 aliphatic rings. The van der Waals surface area contributed by atoms with Gasteiger partial charge >= 0.3 is 5.97 Å². The van der Waals surface area contributed by atoms with Gasteiger partial charge in [0.15, 0.2) is 0 Å². The Labute approximate surface area is 109 Å². The monoisotopic (exact) mass is 256 g/mol. The first-order chi connectivity index (χ1) is 8.26. The van der Waals surface area contributed by atoms with Crippen LogP contribution in [-0.4, -0.2) is 30.1 Å². The summed E-state index contributed by atoms with van der Waals surface area (Å²) in [6.07, 6.45) is 3.32. The molecule has 0 aliphatic heterocycles. The summed E-state index contributed by atoms with van der Waals surface area (Å²) in [5.41, 5.74) is 5.21. The number of ether oxygens (including phenoxy) is 1. The molecule has 5 nitrogen and oxygen atoms in total. The van der Waals surface area contributed by atoms with Gasteiger partial charge in [-0.1, -0.05) is 6.58 Å². The molecule has 1 atom stereocenters. The second-order valence-corrected chi connectivity index (χ2v) is 5.13. The van der Waals surface area contributed by atoms with E-state index in [4.69, 9.17) is 10.5 Å². The highest BCUT2D eigenvalue weighted by molar-refractivity contribution is 5.86. The van der Waals surface area contributed by atoms with Crippen LogP contribution in [-0.2, 0) is 14.3 Å². The van der Waals surface area contributed by atoms with Gasteiger partial charge in [0, 0.05) is 6.54 Å². The molecule has 1 amide bonds. The summed E-state index contributed by atoms with van der Waals surface area (Å²) in [6.45, 7) is 9.34. The average molecular weight is 256 g/mol. The van der Waals surface area contributed by atoms with Gasteiger partial charge in [0.25, 0.3) is 0 Å². The third-order valence-electron chi connectivity index (χ3n) is 2.14. The van der Waals surface area contributed by atoms with Crippen molar-refractivity contribution in [1.82, 2.24) is 5.32 Å². The lowest BCUT2D eigenvalue weighted by Crippen LogP contribution is -2.37. The Bertz CT molecular complexity index is 295. The summed E-state index contributed by atoms with van der Waals surface area (Å²) in [5.74, 6) is -0.566. The molecule has 104 valence electrons. The summed E-state index contributed by atoms with van der Waals surface area (Å²) in [5, 5.41) is 2.66. The van der Waals surface area contributed by atoms with Gasteiger partial charge < -0.3 is 15.8 Å². The van der Waals surface area contributed by atoms with Crippen molar-refractivity contribution in [3.05, 3.63) is 12.7 Å². The van der Waals surface area contributed by atoms with E-state index < -0.39 is 11.6 Å². The molecular formula is C13H24N2O3. The SMILES string of the molecule is C=CC(=O)NCCCCC(N)C(=O)OC(C)(C)C. The third-order valence-corrected chi connectivity index (χ3v) is 2.14. The zero-order valence-electron chi connectivity index (χ0n) is 11.5. The minimum absolute atomic E-state index is 0.188. The van der Waals surface area contributed by atoms with E-state index in [1.165, 1.54) is 6.08 Å². The van der Waals surface area contributed by atoms with Crippen LogP contribution in [0.3, 0.4) is 0 Å². The fourth-order valence-electron chi connectivity index (χ4n) is 1.27. The van der Waals surface area contributed by atoms with Gasteiger partial charge in [-0.15, -0.1) is 0 Å². The maximum absolute atomic E-state index is 11.5. The van der Waals surface area contributed by atoms with E-state index in [0.29, 0.717) is 13.0 Å². The molecular weight excluding hydrogens is 232 g/mol. The maximum Gasteiger partial charge on any atom is 0.323 e. The number of hydrogen-bond acceptors (Lipinski definition) is 4. The molecule has 0 aliphatic carbocycles. The van der Waals surface area contributed by atoms with Crippen LogP contribution in [0.5, 0.6) is 0 Å². The minimum atomic E-state index is -0.598. The van der Waals surface area contributed by atoms with Gasteiger partial charge in [-0.05, 0) is 46.1 Å². The Balaban J connectivity index is 3.70. The molecule has 0 saturated carbocycles. The van der Waals surface area contributed by atoms with E-state index in [9.17, 15) is 9.59 Å². The standard InChI is InChI=1S/C13H24N2O3/c1-5-11(16)15-9-7-6-8-10(14)12(17)18-13(2,3)4/h5,10H,1,6-9,14H2,2-4H3,(H,15,16). The topological polar surface area (TPSA) is 81.4 Å². The number of rotatable bonds is 7. The van der Waals surface area contributed by atoms with Crippen LogP contribution in [0.15, 0.2) is 12.7 Å². The van der Waals surface area contributed by atoms with Crippen molar-refractivity contribution in [1.29, 1.82) is 0 Å². The van der Waals surface area contributed by atoms with Crippen LogP contribution in [0.2, 0.25) is 0 Å². The van der Waals surface area contributed by atoms with Gasteiger partial charge in [-0.2, -0.15) is 0 Å². The Morgan fingerprint density at radius 2 is 2.00 bits per heavy atom. The Hall–Kier alpha value is -1.36. The van der Waals surface area contributed by atoms with Gasteiger partial charge in [-0.25, -0.2) is 0 Å². The molecule has 1 unspecified atom stereocenters. The van der Waals surface area contributed by atoms with E-state index in [-0.39, 0.29) is 11.9 Å². The highest BCUT2D eigenvalue weighted by Crippen LogP contribution is 2.10. The van der Waals surface area contributed by atoms with Crippen molar-refractivity contribution in [3.8, 4) is 0 Å². The Morgan fingerprint density at radius 1 is 1.39 bits per heavy atom. The summed E-state index contributed by atoms with van der Waals surface area (Å²) in [4.78, 5) is 22.4. The first-order valence-corrected chi connectivity index (χ1v) is 6.15. The second-order valence-electron chi connectivity index (χ2n) is 5.13. The number of hydrogen-bond donors (Lipinski definition) is 2. The minimum Gasteiger partial charge on any atom is -0.459 e. The van der Waals surface area contributed by atoms with Crippen LogP contribution < -0.4 is 11.1 Å². The molecule has 0 bridgehead atoms. The van der Waals surface area contributed by atoms with E-state index in [2.05, 4.69) is 11.9 Å². The van der Waals surface area contributed by atoms with Crippen molar-refractivity contribution in [2.24, 2.45) is 5.73 Å². The van der Waals surface area contributed by atoms with Crippen LogP contribution in [0.1, 0.15) is 40.0 Å². The van der Waals surface area contributed by atoms with Gasteiger partial charge in [-0.3, -0.25) is 9.59 Å². The summed E-state index contributed by atoms with van der Waals surface area (Å²) in [6, 6.07) is -0.598. The molecule has 0 aromatic heterocycles. The molecule has 0 radical (unpaired) electrons. The predicted molar refractivity (Wildman–Crippen MR) is 70.9 cm³/mol. The molecule has 3 N–H and O–H groups in total. The fourth-order valence-corrected chi connectivity index (χ4v) is 1.27. The fraction of sp³-hybridized carbons (Fsp3) is 0.692. The van der Waals surface area contributed by atoms with E-state index >= 15 is 0 Å². The molecule has 0 spiro atoms. The molecule has 0 aromatic carbocycles. The largest absolute Gasteiger partial charge is 0.459 e. The summed E-state index contributed by atoms with van der Waals surface area (Å²) >= 11 is 0. The van der Waals surface area contributed by atoms with Crippen LogP contribution in [0.25, 0.3) is 0 Å². The van der Waals surface area contributed by atoms with Crippen molar-refractivity contribution in [2.45, 2.75) is 51.7 Å². The number of amides is 1. The second kappa shape index (κ2) is 7.87. The van der Waals surface area contributed by atoms with Gasteiger partial charge in [0.05, 0.1) is 0 Å². The lowest BCUT2D eigenvalue weighted by molar-refractivity contribution is -0.156. The van der Waals surface area contributed by atoms with Crippen LogP contribution in [0, 0.1) is 0 Å². The molecule has 0 rings (SSSR count). The quantitative estimate of drug-likeness (QED) is 0.406. The first kappa shape index (κ1) is 16.6. The maximum atomic E-state index is 11.5. The number of esters is 1. The van der Waals surface area contributed by atoms with Gasteiger partial charge in [0.1, 0.15) is 11.6 Å². The van der Waals surface area contributed by atoms with Crippen molar-refractivity contribution in [2.75, 3.05) is 6.54 Å². The molecule has 0 saturated heterocycles. The summed E-state index contributed by atoms with van der Waals surface area (Å²) < 4.78 is 5.17. The van der Waals surface area contributed by atoms with Crippen molar-refractivity contribution < 1.29 is 14.3 Å². The van der Waals surface area contributed by atoms with Crippen LogP contribution in [0.4, 0.5) is 0 Å². The van der Waals surface area contributed by atoms with Crippen molar-refractivity contribution in [3.63, 3.8) is 0 Å². The normalized spacial score (nSPS) is 12.7. The van der Waals surface area contributed by atoms with E-state index in [1.54, 1.807) is 0 Å². The van der Waals surface area contributed by atoms with Gasteiger partial charge in [0.2, 0.25) is 5.91 Å². The zero-order chi connectivity index (χ0) is 14.2. The number of carbonyl (C=O) groups is 2. The van der Waals surface area contributed by atoms with Crippen molar-refractivity contribution >= 4 is 11.9 Å². The molecule has 18 heavy (non-hydrogen) atoms. The highest BCUT2D eigenvalue weighted by Gasteiger charge is 2.21. The van der Waals surface area contributed by atoms with E-state index in [1.807, 2.05) is 20.8 Å². The number of nitrogens with two attached hydrogens (primary N) is 1. The lowest BCUT2D eigenvalue weighted by atomic mass is 10.1. The first-order valence-electron chi connectivity index (χ1n) is 6.15. The molecule has 0 aromatic rings. The molecule has 0 heterocycles. The predicted octanol–water partition coefficient (Wildman–Crippen LogP) is 1.13. The Kier molecular flexibility index (Phi) is 7.27. The smallest absolute Gasteiger partial charge is 0.323 e. The number of unbranched alkanes of at least 4 members (excludes halogenated alkanes) is 1.